The van der Waals surface area contributed by atoms with E-state index in [4.69, 9.17) is 0 Å². The fraction of sp³-hybridized carbons (Fsp3) is 0.278. The Kier molecular flexibility index (Phi) is 5.62. The SMILES string of the molecule is Cc1cccc(N(CCC(=O)N(C)c2ccccc2)S(C)(=O)=O)c1. The molecule has 2 aromatic carbocycles. The molecule has 0 aromatic heterocycles. The van der Waals surface area contributed by atoms with Crippen LogP contribution in [-0.4, -0.2) is 34.2 Å². The van der Waals surface area contributed by atoms with Gasteiger partial charge in [0.2, 0.25) is 15.9 Å². The standard InChI is InChI=1S/C18H22N2O3S/c1-15-8-7-11-17(14-15)20(24(3,22)23)13-12-18(21)19(2)16-9-5-4-6-10-16/h4-11,14H,12-13H2,1-3H3. The van der Waals surface area contributed by atoms with Crippen molar-refractivity contribution >= 4 is 27.3 Å². The molecule has 1 amide bonds. The number of benzene rings is 2. The summed E-state index contributed by atoms with van der Waals surface area (Å²) in [5.41, 5.74) is 2.32. The van der Waals surface area contributed by atoms with Gasteiger partial charge in [-0.2, -0.15) is 0 Å². The van der Waals surface area contributed by atoms with Gasteiger partial charge in [0.05, 0.1) is 11.9 Å². The molecule has 0 aliphatic heterocycles. The molecule has 6 heteroatoms. The Morgan fingerprint density at radius 3 is 2.21 bits per heavy atom. The van der Waals surface area contributed by atoms with Crippen LogP contribution in [0.4, 0.5) is 11.4 Å². The first-order valence-electron chi connectivity index (χ1n) is 7.65. The van der Waals surface area contributed by atoms with Gasteiger partial charge in [-0.3, -0.25) is 9.10 Å². The van der Waals surface area contributed by atoms with Gasteiger partial charge < -0.3 is 4.90 Å². The number of amides is 1. The number of rotatable bonds is 6. The molecule has 24 heavy (non-hydrogen) atoms. The number of carbonyl (C=O) groups is 1. The third kappa shape index (κ3) is 4.58. The van der Waals surface area contributed by atoms with Gasteiger partial charge in [0.1, 0.15) is 0 Å². The highest BCUT2D eigenvalue weighted by Gasteiger charge is 2.20. The molecule has 0 unspecified atom stereocenters. The summed E-state index contributed by atoms with van der Waals surface area (Å²) in [6, 6.07) is 16.5. The van der Waals surface area contributed by atoms with Crippen molar-refractivity contribution in [2.45, 2.75) is 13.3 Å². The van der Waals surface area contributed by atoms with E-state index in [9.17, 15) is 13.2 Å². The highest BCUT2D eigenvalue weighted by molar-refractivity contribution is 7.92. The van der Waals surface area contributed by atoms with Gasteiger partial charge in [-0.05, 0) is 36.8 Å². The first kappa shape index (κ1) is 18.0. The largest absolute Gasteiger partial charge is 0.315 e. The summed E-state index contributed by atoms with van der Waals surface area (Å²) in [5.74, 6) is -0.137. The Morgan fingerprint density at radius 2 is 1.62 bits per heavy atom. The van der Waals surface area contributed by atoms with Gasteiger partial charge in [0.25, 0.3) is 0 Å². The molecule has 0 N–H and O–H groups in total. The number of sulfonamides is 1. The third-order valence-electron chi connectivity index (χ3n) is 3.74. The molecule has 0 saturated heterocycles. The first-order chi connectivity index (χ1) is 11.3. The summed E-state index contributed by atoms with van der Waals surface area (Å²) in [5, 5.41) is 0. The number of anilines is 2. The van der Waals surface area contributed by atoms with Crippen molar-refractivity contribution in [3.05, 3.63) is 60.2 Å². The van der Waals surface area contributed by atoms with Gasteiger partial charge in [0.15, 0.2) is 0 Å². The van der Waals surface area contributed by atoms with E-state index in [1.54, 1.807) is 25.2 Å². The van der Waals surface area contributed by atoms with Crippen molar-refractivity contribution < 1.29 is 13.2 Å². The summed E-state index contributed by atoms with van der Waals surface area (Å²) < 4.78 is 25.5. The van der Waals surface area contributed by atoms with Crippen LogP contribution < -0.4 is 9.21 Å². The van der Waals surface area contributed by atoms with Gasteiger partial charge in [-0.1, -0.05) is 30.3 Å². The molecule has 2 rings (SSSR count). The maximum Gasteiger partial charge on any atom is 0.232 e. The smallest absolute Gasteiger partial charge is 0.232 e. The fourth-order valence-electron chi connectivity index (χ4n) is 2.43. The second-order valence-corrected chi connectivity index (χ2v) is 7.62. The lowest BCUT2D eigenvalue weighted by Gasteiger charge is -2.24. The summed E-state index contributed by atoms with van der Waals surface area (Å²) in [4.78, 5) is 13.9. The Balaban J connectivity index is 2.13. The first-order valence-corrected chi connectivity index (χ1v) is 9.50. The lowest BCUT2D eigenvalue weighted by atomic mass is 10.2. The van der Waals surface area contributed by atoms with E-state index in [2.05, 4.69) is 0 Å². The number of carbonyl (C=O) groups excluding carboxylic acids is 1. The molecule has 0 atom stereocenters. The van der Waals surface area contributed by atoms with Crippen LogP contribution in [0.1, 0.15) is 12.0 Å². The van der Waals surface area contributed by atoms with E-state index in [-0.39, 0.29) is 18.9 Å². The molecule has 0 aliphatic carbocycles. The van der Waals surface area contributed by atoms with Gasteiger partial charge in [-0.25, -0.2) is 8.42 Å². The molecule has 2 aromatic rings. The number of hydrogen-bond acceptors (Lipinski definition) is 3. The van der Waals surface area contributed by atoms with Gasteiger partial charge in [-0.15, -0.1) is 0 Å². The molecular formula is C18H22N2O3S. The lowest BCUT2D eigenvalue weighted by Crippen LogP contribution is -2.35. The minimum absolute atomic E-state index is 0.104. The van der Waals surface area contributed by atoms with Gasteiger partial charge >= 0.3 is 0 Å². The zero-order valence-electron chi connectivity index (χ0n) is 14.1. The maximum absolute atomic E-state index is 12.4. The van der Waals surface area contributed by atoms with E-state index < -0.39 is 10.0 Å². The number of nitrogens with zero attached hydrogens (tertiary/aromatic N) is 2. The predicted octanol–water partition coefficient (Wildman–Crippen LogP) is 2.81. The topological polar surface area (TPSA) is 57.7 Å². The van der Waals surface area contributed by atoms with Crippen LogP contribution in [0.25, 0.3) is 0 Å². The van der Waals surface area contributed by atoms with E-state index in [1.807, 2.05) is 43.3 Å². The molecule has 0 bridgehead atoms. The molecule has 0 fully saturated rings. The maximum atomic E-state index is 12.4. The van der Waals surface area contributed by atoms with Gasteiger partial charge in [0, 0.05) is 25.7 Å². The summed E-state index contributed by atoms with van der Waals surface area (Å²) in [7, 11) is -1.77. The molecule has 128 valence electrons. The molecule has 0 saturated carbocycles. The molecule has 0 spiro atoms. The second-order valence-electron chi connectivity index (χ2n) is 5.71. The van der Waals surface area contributed by atoms with Crippen molar-refractivity contribution in [1.29, 1.82) is 0 Å². The van der Waals surface area contributed by atoms with Crippen LogP contribution in [0, 0.1) is 6.92 Å². The Morgan fingerprint density at radius 1 is 1.00 bits per heavy atom. The highest BCUT2D eigenvalue weighted by atomic mass is 32.2. The zero-order valence-corrected chi connectivity index (χ0v) is 15.0. The summed E-state index contributed by atoms with van der Waals surface area (Å²) >= 11 is 0. The predicted molar refractivity (Wildman–Crippen MR) is 97.8 cm³/mol. The van der Waals surface area contributed by atoms with Crippen molar-refractivity contribution in [3.63, 3.8) is 0 Å². The van der Waals surface area contributed by atoms with Crippen LogP contribution >= 0.6 is 0 Å². The molecule has 0 aliphatic rings. The van der Waals surface area contributed by atoms with E-state index in [1.165, 1.54) is 9.21 Å². The molecular weight excluding hydrogens is 324 g/mol. The second kappa shape index (κ2) is 7.49. The highest BCUT2D eigenvalue weighted by Crippen LogP contribution is 2.20. The summed E-state index contributed by atoms with van der Waals surface area (Å²) in [6.07, 6.45) is 1.26. The Hall–Kier alpha value is -2.34. The molecule has 0 heterocycles. The minimum atomic E-state index is -3.46. The van der Waals surface area contributed by atoms with Crippen molar-refractivity contribution in [1.82, 2.24) is 0 Å². The number of aryl methyl sites for hydroxylation is 1. The monoisotopic (exact) mass is 346 g/mol. The van der Waals surface area contributed by atoms with E-state index >= 15 is 0 Å². The quantitative estimate of drug-likeness (QED) is 0.808. The Labute approximate surface area is 143 Å². The lowest BCUT2D eigenvalue weighted by molar-refractivity contribution is -0.118. The van der Waals surface area contributed by atoms with Crippen LogP contribution in [-0.2, 0) is 14.8 Å². The van der Waals surface area contributed by atoms with Crippen molar-refractivity contribution in [2.24, 2.45) is 0 Å². The number of hydrogen-bond donors (Lipinski definition) is 0. The number of para-hydroxylation sites is 1. The average Bonchev–Trinajstić information content (AvgIpc) is 2.54. The van der Waals surface area contributed by atoms with Crippen LogP contribution in [0.2, 0.25) is 0 Å². The van der Waals surface area contributed by atoms with Crippen molar-refractivity contribution in [2.75, 3.05) is 29.1 Å². The zero-order chi connectivity index (χ0) is 17.7. The molecule has 0 radical (unpaired) electrons. The summed E-state index contributed by atoms with van der Waals surface area (Å²) in [6.45, 7) is 2.01. The average molecular weight is 346 g/mol. The van der Waals surface area contributed by atoms with Crippen molar-refractivity contribution in [3.8, 4) is 0 Å². The molecule has 5 nitrogen and oxygen atoms in total. The third-order valence-corrected chi connectivity index (χ3v) is 4.93. The fourth-order valence-corrected chi connectivity index (χ4v) is 3.35. The van der Waals surface area contributed by atoms with Crippen LogP contribution in [0.15, 0.2) is 54.6 Å². The minimum Gasteiger partial charge on any atom is -0.315 e. The van der Waals surface area contributed by atoms with E-state index in [0.717, 1.165) is 17.5 Å². The van der Waals surface area contributed by atoms with E-state index in [0.29, 0.717) is 5.69 Å². The Bertz CT molecular complexity index is 804. The van der Waals surface area contributed by atoms with Crippen LogP contribution in [0.3, 0.4) is 0 Å². The normalized spacial score (nSPS) is 11.1. The van der Waals surface area contributed by atoms with Crippen LogP contribution in [0.5, 0.6) is 0 Å².